The number of amides is 2. The lowest BCUT2D eigenvalue weighted by Gasteiger charge is -2.15. The van der Waals surface area contributed by atoms with Crippen molar-refractivity contribution in [2.75, 3.05) is 5.32 Å². The summed E-state index contributed by atoms with van der Waals surface area (Å²) in [6.45, 7) is 0.377. The van der Waals surface area contributed by atoms with Gasteiger partial charge < -0.3 is 0 Å². The van der Waals surface area contributed by atoms with Crippen LogP contribution in [0, 0.1) is 0 Å². The summed E-state index contributed by atoms with van der Waals surface area (Å²) in [6, 6.07) is 19.3. The highest BCUT2D eigenvalue weighted by Gasteiger charge is 2.36. The molecule has 8 heteroatoms. The van der Waals surface area contributed by atoms with Gasteiger partial charge in [-0.05, 0) is 11.1 Å². The van der Waals surface area contributed by atoms with Crippen molar-refractivity contribution >= 4 is 56.6 Å². The first kappa shape index (κ1) is 20.5. The number of anilines is 1. The van der Waals surface area contributed by atoms with E-state index in [2.05, 4.69) is 10.3 Å². The largest absolute Gasteiger partial charge is 0.298 e. The van der Waals surface area contributed by atoms with Gasteiger partial charge in [-0.15, -0.1) is 11.3 Å². The molecule has 0 radical (unpaired) electrons. The first-order valence-electron chi connectivity index (χ1n) is 9.17. The Kier molecular flexibility index (Phi) is 6.37. The minimum atomic E-state index is -0.339. The van der Waals surface area contributed by atoms with Crippen LogP contribution in [0.5, 0.6) is 0 Å². The molecule has 3 aromatic rings. The number of hydrogen-bond acceptors (Lipinski definition) is 6. The van der Waals surface area contributed by atoms with Crippen LogP contribution in [0.2, 0.25) is 0 Å². The number of aromatic nitrogens is 1. The summed E-state index contributed by atoms with van der Waals surface area (Å²) in [5.41, 5.74) is 2.31. The summed E-state index contributed by atoms with van der Waals surface area (Å²) in [4.78, 5) is 32.3. The molecule has 0 bridgehead atoms. The molecule has 0 atom stereocenters. The Labute approximate surface area is 187 Å². The van der Waals surface area contributed by atoms with Gasteiger partial charge >= 0.3 is 0 Å². The third kappa shape index (κ3) is 4.67. The van der Waals surface area contributed by atoms with Crippen LogP contribution in [0.1, 0.15) is 11.1 Å². The molecule has 2 amide bonds. The summed E-state index contributed by atoms with van der Waals surface area (Å²) in [5.74, 6) is -0.580. The highest BCUT2D eigenvalue weighted by atomic mass is 32.2. The molecule has 1 N–H and O–H groups in total. The SMILES string of the molecule is O=C(Nc1nccs1)/C(Cc1ccccc1)=C1/SC(=S)N(Cc2ccccc2)C1=O. The van der Waals surface area contributed by atoms with Crippen molar-refractivity contribution in [1.82, 2.24) is 9.88 Å². The Balaban J connectivity index is 1.66. The zero-order chi connectivity index (χ0) is 20.9. The van der Waals surface area contributed by atoms with Crippen molar-refractivity contribution in [3.8, 4) is 0 Å². The third-order valence-corrected chi connectivity index (χ3v) is 6.64. The summed E-state index contributed by atoms with van der Waals surface area (Å²) in [6.07, 6.45) is 1.95. The second kappa shape index (κ2) is 9.34. The van der Waals surface area contributed by atoms with E-state index in [0.29, 0.717) is 32.9 Å². The van der Waals surface area contributed by atoms with Gasteiger partial charge in [-0.3, -0.25) is 19.8 Å². The van der Waals surface area contributed by atoms with Crippen molar-refractivity contribution in [3.63, 3.8) is 0 Å². The first-order chi connectivity index (χ1) is 14.6. The number of nitrogens with zero attached hydrogens (tertiary/aromatic N) is 2. The van der Waals surface area contributed by atoms with Gasteiger partial charge in [-0.2, -0.15) is 0 Å². The van der Waals surface area contributed by atoms with E-state index in [9.17, 15) is 9.59 Å². The Morgan fingerprint density at radius 3 is 2.33 bits per heavy atom. The predicted molar refractivity (Wildman–Crippen MR) is 125 cm³/mol. The molecule has 5 nitrogen and oxygen atoms in total. The molecule has 2 heterocycles. The van der Waals surface area contributed by atoms with Crippen molar-refractivity contribution in [3.05, 3.63) is 93.8 Å². The number of thioether (sulfide) groups is 1. The van der Waals surface area contributed by atoms with Gasteiger partial charge in [0.15, 0.2) is 5.13 Å². The molecule has 1 saturated heterocycles. The molecule has 0 aliphatic carbocycles. The van der Waals surface area contributed by atoms with E-state index in [4.69, 9.17) is 12.2 Å². The quantitative estimate of drug-likeness (QED) is 0.437. The molecule has 0 unspecified atom stereocenters. The van der Waals surface area contributed by atoms with Crippen molar-refractivity contribution in [2.45, 2.75) is 13.0 Å². The topological polar surface area (TPSA) is 62.3 Å². The zero-order valence-electron chi connectivity index (χ0n) is 15.8. The number of benzene rings is 2. The second-order valence-corrected chi connectivity index (χ2v) is 9.05. The van der Waals surface area contributed by atoms with Gasteiger partial charge in [0.05, 0.1) is 11.4 Å². The molecule has 30 heavy (non-hydrogen) atoms. The van der Waals surface area contributed by atoms with E-state index in [0.717, 1.165) is 11.1 Å². The molecule has 1 fully saturated rings. The van der Waals surface area contributed by atoms with Gasteiger partial charge in [0.2, 0.25) is 0 Å². The standard InChI is InChI=1S/C22H17N3O2S3/c26-19(24-21-23-11-12-29-21)17(13-15-7-3-1-4-8-15)18-20(27)25(22(28)30-18)14-16-9-5-2-6-10-16/h1-12H,13-14H2,(H,23,24,26)/b18-17+. The molecule has 4 rings (SSSR count). The number of thiocarbonyl (C=S) groups is 1. The Morgan fingerprint density at radius 1 is 1.03 bits per heavy atom. The number of rotatable bonds is 6. The maximum Gasteiger partial charge on any atom is 0.266 e. The average Bonchev–Trinajstić information content (AvgIpc) is 3.37. The highest BCUT2D eigenvalue weighted by Crippen LogP contribution is 2.36. The molecule has 0 saturated carbocycles. The monoisotopic (exact) mass is 451 g/mol. The predicted octanol–water partition coefficient (Wildman–Crippen LogP) is 4.64. The number of nitrogens with one attached hydrogen (secondary N) is 1. The normalized spacial score (nSPS) is 15.4. The minimum Gasteiger partial charge on any atom is -0.298 e. The molecular formula is C22H17N3O2S3. The number of carbonyl (C=O) groups excluding carboxylic acids is 2. The van der Waals surface area contributed by atoms with E-state index in [1.165, 1.54) is 23.1 Å². The maximum absolute atomic E-state index is 13.2. The molecule has 2 aromatic carbocycles. The maximum atomic E-state index is 13.2. The van der Waals surface area contributed by atoms with Crippen LogP contribution >= 0.6 is 35.3 Å². The molecule has 1 aliphatic heterocycles. The molecule has 1 aliphatic rings. The van der Waals surface area contributed by atoms with Crippen LogP contribution in [0.4, 0.5) is 5.13 Å². The molecular weight excluding hydrogens is 434 g/mol. The average molecular weight is 452 g/mol. The Hall–Kier alpha value is -2.81. The summed E-state index contributed by atoms with van der Waals surface area (Å²) >= 11 is 7.98. The third-order valence-electron chi connectivity index (χ3n) is 4.46. The lowest BCUT2D eigenvalue weighted by Crippen LogP contribution is -2.28. The van der Waals surface area contributed by atoms with Gasteiger partial charge in [0.25, 0.3) is 11.8 Å². The number of carbonyl (C=O) groups is 2. The van der Waals surface area contributed by atoms with E-state index >= 15 is 0 Å². The van der Waals surface area contributed by atoms with Crippen LogP contribution < -0.4 is 5.32 Å². The number of thiazole rings is 1. The van der Waals surface area contributed by atoms with Gasteiger partial charge in [-0.1, -0.05) is 84.6 Å². The van der Waals surface area contributed by atoms with Crippen LogP contribution in [0.25, 0.3) is 0 Å². The van der Waals surface area contributed by atoms with Gasteiger partial charge in [0, 0.05) is 23.6 Å². The van der Waals surface area contributed by atoms with Crippen LogP contribution in [-0.4, -0.2) is 26.0 Å². The van der Waals surface area contributed by atoms with Crippen LogP contribution in [0.3, 0.4) is 0 Å². The molecule has 0 spiro atoms. The van der Waals surface area contributed by atoms with E-state index in [-0.39, 0.29) is 11.8 Å². The molecule has 1 aromatic heterocycles. The fraction of sp³-hybridized carbons (Fsp3) is 0.0909. The van der Waals surface area contributed by atoms with Crippen molar-refractivity contribution in [2.24, 2.45) is 0 Å². The number of hydrogen-bond donors (Lipinski definition) is 1. The molecule has 150 valence electrons. The zero-order valence-corrected chi connectivity index (χ0v) is 18.2. The summed E-state index contributed by atoms with van der Waals surface area (Å²) in [7, 11) is 0. The van der Waals surface area contributed by atoms with Gasteiger partial charge in [-0.25, -0.2) is 4.98 Å². The fourth-order valence-corrected chi connectivity index (χ4v) is 4.85. The van der Waals surface area contributed by atoms with Crippen molar-refractivity contribution < 1.29 is 9.59 Å². The minimum absolute atomic E-state index is 0.242. The lowest BCUT2D eigenvalue weighted by atomic mass is 10.0. The van der Waals surface area contributed by atoms with E-state index in [1.54, 1.807) is 16.5 Å². The fourth-order valence-electron chi connectivity index (χ4n) is 3.01. The lowest BCUT2D eigenvalue weighted by molar-refractivity contribution is -0.123. The van der Waals surface area contributed by atoms with E-state index in [1.807, 2.05) is 60.7 Å². The Bertz CT molecular complexity index is 1100. The second-order valence-electron chi connectivity index (χ2n) is 6.51. The Morgan fingerprint density at radius 2 is 1.70 bits per heavy atom. The highest BCUT2D eigenvalue weighted by molar-refractivity contribution is 8.26. The van der Waals surface area contributed by atoms with Crippen LogP contribution in [-0.2, 0) is 22.6 Å². The van der Waals surface area contributed by atoms with Gasteiger partial charge in [0.1, 0.15) is 4.32 Å². The van der Waals surface area contributed by atoms with Crippen molar-refractivity contribution in [1.29, 1.82) is 0 Å². The summed E-state index contributed by atoms with van der Waals surface area (Å²) in [5, 5.41) is 5.08. The van der Waals surface area contributed by atoms with Crippen LogP contribution in [0.15, 0.2) is 82.7 Å². The smallest absolute Gasteiger partial charge is 0.266 e. The summed E-state index contributed by atoms with van der Waals surface area (Å²) < 4.78 is 0.450. The van der Waals surface area contributed by atoms with E-state index < -0.39 is 0 Å². The first-order valence-corrected chi connectivity index (χ1v) is 11.3.